The number of anilines is 1. The molecule has 0 aromatic heterocycles. The Labute approximate surface area is 98.2 Å². The van der Waals surface area contributed by atoms with Crippen molar-refractivity contribution in [3.63, 3.8) is 0 Å². The Bertz CT molecular complexity index is 588. The molecule has 0 saturated heterocycles. The highest BCUT2D eigenvalue weighted by Crippen LogP contribution is 2.17. The molecule has 0 atom stereocenters. The minimum absolute atomic E-state index is 0.0128. The van der Waals surface area contributed by atoms with E-state index in [0.717, 1.165) is 6.26 Å². The molecule has 7 nitrogen and oxygen atoms in total. The highest BCUT2D eigenvalue weighted by molar-refractivity contribution is 7.90. The van der Waals surface area contributed by atoms with Gasteiger partial charge in [0.1, 0.15) is 0 Å². The molecular weight excluding hydrogens is 244 g/mol. The fraction of sp³-hybridized carbons (Fsp3) is 0.111. The van der Waals surface area contributed by atoms with Crippen LogP contribution in [0.2, 0.25) is 0 Å². The number of rotatable bonds is 2. The number of benzene rings is 1. The molecule has 0 spiro atoms. The van der Waals surface area contributed by atoms with Crippen LogP contribution in [-0.4, -0.2) is 26.5 Å². The maximum absolute atomic E-state index is 11.5. The molecule has 17 heavy (non-hydrogen) atoms. The first-order chi connectivity index (χ1) is 7.70. The molecule has 1 rings (SSSR count). The highest BCUT2D eigenvalue weighted by Gasteiger charge is 2.13. The third-order valence-electron chi connectivity index (χ3n) is 1.83. The van der Waals surface area contributed by atoms with Crippen molar-refractivity contribution >= 4 is 27.4 Å². The van der Waals surface area contributed by atoms with Crippen LogP contribution in [-0.2, 0) is 9.84 Å². The second-order valence-electron chi connectivity index (χ2n) is 3.40. The van der Waals surface area contributed by atoms with Gasteiger partial charge in [0.05, 0.1) is 4.90 Å². The Morgan fingerprint density at radius 3 is 2.29 bits per heavy atom. The van der Waals surface area contributed by atoms with Crippen molar-refractivity contribution in [3.8, 4) is 0 Å². The van der Waals surface area contributed by atoms with Crippen molar-refractivity contribution in [2.24, 2.45) is 16.5 Å². The molecule has 6 N–H and O–H groups in total. The molecule has 0 radical (unpaired) electrons. The molecule has 0 saturated carbocycles. The molecule has 1 amide bonds. The van der Waals surface area contributed by atoms with Crippen molar-refractivity contribution in [3.05, 3.63) is 23.8 Å². The lowest BCUT2D eigenvalue weighted by atomic mass is 10.2. The van der Waals surface area contributed by atoms with Crippen molar-refractivity contribution in [1.82, 2.24) is 0 Å². The predicted octanol–water partition coefficient (Wildman–Crippen LogP) is -0.914. The van der Waals surface area contributed by atoms with Gasteiger partial charge in [-0.2, -0.15) is 4.99 Å². The van der Waals surface area contributed by atoms with Gasteiger partial charge in [0.25, 0.3) is 5.91 Å². The number of nitrogen functional groups attached to an aromatic ring is 1. The summed E-state index contributed by atoms with van der Waals surface area (Å²) < 4.78 is 22.7. The smallest absolute Gasteiger partial charge is 0.280 e. The summed E-state index contributed by atoms with van der Waals surface area (Å²) in [5.41, 5.74) is 15.8. The van der Waals surface area contributed by atoms with E-state index in [1.54, 1.807) is 0 Å². The zero-order chi connectivity index (χ0) is 13.2. The number of nitrogens with zero attached hydrogens (tertiary/aromatic N) is 1. The van der Waals surface area contributed by atoms with Gasteiger partial charge in [-0.05, 0) is 18.2 Å². The third kappa shape index (κ3) is 3.45. The Morgan fingerprint density at radius 2 is 1.82 bits per heavy atom. The standard InChI is InChI=1S/C9H12N4O3S/c1-17(15,16)7-3-5(2-6(10)4-7)8(14)13-9(11)12/h2-4H,10H2,1H3,(H4,11,12,13,14). The maximum atomic E-state index is 11.5. The summed E-state index contributed by atoms with van der Waals surface area (Å²) in [6.07, 6.45) is 1.01. The van der Waals surface area contributed by atoms with Crippen LogP contribution in [0.15, 0.2) is 28.1 Å². The molecule has 0 aliphatic rings. The average molecular weight is 256 g/mol. The maximum Gasteiger partial charge on any atom is 0.280 e. The Hall–Kier alpha value is -2.09. The average Bonchev–Trinajstić information content (AvgIpc) is 2.14. The van der Waals surface area contributed by atoms with Crippen LogP contribution in [0.3, 0.4) is 0 Å². The molecule has 92 valence electrons. The summed E-state index contributed by atoms with van der Waals surface area (Å²) in [5, 5.41) is 0. The lowest BCUT2D eigenvalue weighted by Gasteiger charge is -2.03. The number of aliphatic imine (C=N–C) groups is 1. The molecule has 1 aromatic rings. The second kappa shape index (κ2) is 4.42. The Kier molecular flexibility index (Phi) is 3.37. The van der Waals surface area contributed by atoms with E-state index >= 15 is 0 Å². The van der Waals surface area contributed by atoms with E-state index in [1.807, 2.05) is 0 Å². The Balaban J connectivity index is 3.33. The number of guanidine groups is 1. The molecular formula is C9H12N4O3S. The van der Waals surface area contributed by atoms with Crippen LogP contribution in [0, 0.1) is 0 Å². The van der Waals surface area contributed by atoms with E-state index in [9.17, 15) is 13.2 Å². The normalized spacial score (nSPS) is 10.9. The SMILES string of the molecule is CS(=O)(=O)c1cc(N)cc(C(=O)N=C(N)N)c1. The number of carbonyl (C=O) groups is 1. The third-order valence-corrected chi connectivity index (χ3v) is 2.93. The molecule has 8 heteroatoms. The Morgan fingerprint density at radius 1 is 1.24 bits per heavy atom. The van der Waals surface area contributed by atoms with E-state index in [0.29, 0.717) is 0 Å². The summed E-state index contributed by atoms with van der Waals surface area (Å²) in [6.45, 7) is 0. The van der Waals surface area contributed by atoms with E-state index in [2.05, 4.69) is 4.99 Å². The first-order valence-electron chi connectivity index (χ1n) is 4.45. The second-order valence-corrected chi connectivity index (χ2v) is 5.42. The lowest BCUT2D eigenvalue weighted by molar-refractivity contribution is 0.100. The number of hydrogen-bond acceptors (Lipinski definition) is 4. The van der Waals surface area contributed by atoms with E-state index in [4.69, 9.17) is 17.2 Å². The number of carbonyl (C=O) groups excluding carboxylic acids is 1. The van der Waals surface area contributed by atoms with Crippen LogP contribution in [0.5, 0.6) is 0 Å². The molecule has 0 aliphatic carbocycles. The molecule has 0 bridgehead atoms. The minimum atomic E-state index is -3.45. The first kappa shape index (κ1) is 13.0. The van der Waals surface area contributed by atoms with Gasteiger partial charge in [-0.25, -0.2) is 8.42 Å². The van der Waals surface area contributed by atoms with Crippen LogP contribution in [0.1, 0.15) is 10.4 Å². The fourth-order valence-electron chi connectivity index (χ4n) is 1.14. The molecule has 0 fully saturated rings. The molecule has 0 aliphatic heterocycles. The van der Waals surface area contributed by atoms with Gasteiger partial charge in [0.2, 0.25) is 0 Å². The largest absolute Gasteiger partial charge is 0.399 e. The molecule has 0 unspecified atom stereocenters. The first-order valence-corrected chi connectivity index (χ1v) is 6.34. The van der Waals surface area contributed by atoms with Crippen molar-refractivity contribution in [1.29, 1.82) is 0 Å². The number of sulfone groups is 1. The summed E-state index contributed by atoms with van der Waals surface area (Å²) in [7, 11) is -3.45. The number of amides is 1. The van der Waals surface area contributed by atoms with Crippen molar-refractivity contribution < 1.29 is 13.2 Å². The monoisotopic (exact) mass is 256 g/mol. The summed E-state index contributed by atoms with van der Waals surface area (Å²) in [6, 6.07) is 3.71. The number of nitrogens with two attached hydrogens (primary N) is 3. The quantitative estimate of drug-likeness (QED) is 0.355. The van der Waals surface area contributed by atoms with E-state index < -0.39 is 21.7 Å². The summed E-state index contributed by atoms with van der Waals surface area (Å²) >= 11 is 0. The fourth-order valence-corrected chi connectivity index (χ4v) is 1.83. The molecule has 0 heterocycles. The van der Waals surface area contributed by atoms with Crippen LogP contribution in [0.25, 0.3) is 0 Å². The van der Waals surface area contributed by atoms with Crippen LogP contribution >= 0.6 is 0 Å². The zero-order valence-corrected chi connectivity index (χ0v) is 9.86. The van der Waals surface area contributed by atoms with Gasteiger partial charge in [-0.3, -0.25) is 4.79 Å². The van der Waals surface area contributed by atoms with Gasteiger partial charge in [0, 0.05) is 17.5 Å². The van der Waals surface area contributed by atoms with Crippen molar-refractivity contribution in [2.75, 3.05) is 12.0 Å². The topological polar surface area (TPSA) is 142 Å². The van der Waals surface area contributed by atoms with Crippen LogP contribution < -0.4 is 17.2 Å². The lowest BCUT2D eigenvalue weighted by Crippen LogP contribution is -2.24. The minimum Gasteiger partial charge on any atom is -0.399 e. The van der Waals surface area contributed by atoms with Crippen molar-refractivity contribution in [2.45, 2.75) is 4.90 Å². The number of hydrogen-bond donors (Lipinski definition) is 3. The van der Waals surface area contributed by atoms with Gasteiger partial charge in [-0.1, -0.05) is 0 Å². The van der Waals surface area contributed by atoms with E-state index in [-0.39, 0.29) is 16.1 Å². The van der Waals surface area contributed by atoms with Gasteiger partial charge in [0.15, 0.2) is 15.8 Å². The zero-order valence-electron chi connectivity index (χ0n) is 9.04. The predicted molar refractivity (Wildman–Crippen MR) is 64.1 cm³/mol. The van der Waals surface area contributed by atoms with E-state index in [1.165, 1.54) is 18.2 Å². The summed E-state index contributed by atoms with van der Waals surface area (Å²) in [5.74, 6) is -1.15. The van der Waals surface area contributed by atoms with Gasteiger partial charge >= 0.3 is 0 Å². The van der Waals surface area contributed by atoms with Gasteiger partial charge in [-0.15, -0.1) is 0 Å². The van der Waals surface area contributed by atoms with Gasteiger partial charge < -0.3 is 17.2 Å². The summed E-state index contributed by atoms with van der Waals surface area (Å²) in [4.78, 5) is 14.7. The molecule has 1 aromatic carbocycles. The highest BCUT2D eigenvalue weighted by atomic mass is 32.2. The van der Waals surface area contributed by atoms with Crippen LogP contribution in [0.4, 0.5) is 5.69 Å².